The predicted octanol–water partition coefficient (Wildman–Crippen LogP) is 2.95. The zero-order valence-corrected chi connectivity index (χ0v) is 8.76. The van der Waals surface area contributed by atoms with E-state index in [4.69, 9.17) is 16.4 Å². The molecule has 0 aromatic heterocycles. The summed E-state index contributed by atoms with van der Waals surface area (Å²) >= 11 is 5.96. The maximum absolute atomic E-state index is 5.96. The van der Waals surface area contributed by atoms with Gasteiger partial charge in [0.2, 0.25) is 0 Å². The van der Waals surface area contributed by atoms with Crippen LogP contribution >= 0.6 is 11.6 Å². The maximum Gasteiger partial charge on any atom is 0.148 e. The van der Waals surface area contributed by atoms with E-state index in [-0.39, 0.29) is 11.5 Å². The van der Waals surface area contributed by atoms with Gasteiger partial charge in [0.1, 0.15) is 6.10 Å². The Labute approximate surface area is 84.3 Å². The number of oxime groups is 1. The van der Waals surface area contributed by atoms with Crippen molar-refractivity contribution in [3.8, 4) is 0 Å². The average Bonchev–Trinajstić information content (AvgIpc) is 2.75. The standard InChI is InChI=1S/C10H16ClNO/c1-7(11)10-6-9(12-13-10)8-4-2-3-5-8/h7-8,10H,2-6H2,1H3. The summed E-state index contributed by atoms with van der Waals surface area (Å²) in [6.07, 6.45) is 6.37. The molecule has 2 unspecified atom stereocenters. The van der Waals surface area contributed by atoms with E-state index < -0.39 is 0 Å². The third-order valence-corrected chi connectivity index (χ3v) is 3.34. The Kier molecular flexibility index (Phi) is 2.77. The number of nitrogens with zero attached hydrogens (tertiary/aromatic N) is 1. The van der Waals surface area contributed by atoms with Crippen LogP contribution in [0.5, 0.6) is 0 Å². The molecule has 0 amide bonds. The first-order valence-corrected chi connectivity index (χ1v) is 5.57. The van der Waals surface area contributed by atoms with E-state index in [1.54, 1.807) is 0 Å². The van der Waals surface area contributed by atoms with Crippen LogP contribution in [0.2, 0.25) is 0 Å². The fourth-order valence-electron chi connectivity index (χ4n) is 2.16. The van der Waals surface area contributed by atoms with Crippen LogP contribution < -0.4 is 0 Å². The molecule has 3 heteroatoms. The van der Waals surface area contributed by atoms with Crippen LogP contribution in [0.4, 0.5) is 0 Å². The predicted molar refractivity (Wildman–Crippen MR) is 54.2 cm³/mol. The highest BCUT2D eigenvalue weighted by Crippen LogP contribution is 2.31. The van der Waals surface area contributed by atoms with Gasteiger partial charge in [-0.2, -0.15) is 0 Å². The molecule has 13 heavy (non-hydrogen) atoms. The molecule has 0 aromatic rings. The van der Waals surface area contributed by atoms with E-state index >= 15 is 0 Å². The van der Waals surface area contributed by atoms with Crippen LogP contribution in [0.15, 0.2) is 5.16 Å². The molecule has 1 aliphatic carbocycles. The summed E-state index contributed by atoms with van der Waals surface area (Å²) in [5, 5.41) is 4.22. The summed E-state index contributed by atoms with van der Waals surface area (Å²) in [5.74, 6) is 0.695. The van der Waals surface area contributed by atoms with Gasteiger partial charge >= 0.3 is 0 Å². The monoisotopic (exact) mass is 201 g/mol. The van der Waals surface area contributed by atoms with Crippen molar-refractivity contribution in [2.75, 3.05) is 0 Å². The molecule has 2 atom stereocenters. The molecule has 0 bridgehead atoms. The molecule has 0 aromatic carbocycles. The van der Waals surface area contributed by atoms with Crippen molar-refractivity contribution in [2.45, 2.75) is 50.5 Å². The van der Waals surface area contributed by atoms with Gasteiger partial charge in [0.15, 0.2) is 0 Å². The van der Waals surface area contributed by atoms with Crippen LogP contribution in [-0.2, 0) is 4.84 Å². The molecule has 1 aliphatic heterocycles. The quantitative estimate of drug-likeness (QED) is 0.630. The van der Waals surface area contributed by atoms with Gasteiger partial charge in [-0.1, -0.05) is 18.0 Å². The molecule has 0 saturated heterocycles. The minimum atomic E-state index is 0.0719. The fraction of sp³-hybridized carbons (Fsp3) is 0.900. The molecule has 2 aliphatic rings. The van der Waals surface area contributed by atoms with Crippen molar-refractivity contribution in [1.82, 2.24) is 0 Å². The molecule has 1 saturated carbocycles. The van der Waals surface area contributed by atoms with Gasteiger partial charge in [-0.3, -0.25) is 0 Å². The second kappa shape index (κ2) is 3.87. The van der Waals surface area contributed by atoms with E-state index in [1.165, 1.54) is 31.4 Å². The lowest BCUT2D eigenvalue weighted by molar-refractivity contribution is 0.0854. The van der Waals surface area contributed by atoms with Crippen molar-refractivity contribution >= 4 is 17.3 Å². The first-order valence-electron chi connectivity index (χ1n) is 5.14. The molecule has 1 fully saturated rings. The molecular weight excluding hydrogens is 186 g/mol. The highest BCUT2D eigenvalue weighted by Gasteiger charge is 2.31. The zero-order valence-electron chi connectivity index (χ0n) is 8.00. The van der Waals surface area contributed by atoms with Gasteiger partial charge in [0.05, 0.1) is 11.1 Å². The second-order valence-electron chi connectivity index (χ2n) is 4.09. The van der Waals surface area contributed by atoms with E-state index in [2.05, 4.69) is 5.16 Å². The van der Waals surface area contributed by atoms with E-state index in [0.717, 1.165) is 6.42 Å². The summed E-state index contributed by atoms with van der Waals surface area (Å²) in [6, 6.07) is 0. The first-order chi connectivity index (χ1) is 6.27. The Morgan fingerprint density at radius 2 is 2.15 bits per heavy atom. The van der Waals surface area contributed by atoms with Crippen LogP contribution in [0.25, 0.3) is 0 Å². The van der Waals surface area contributed by atoms with Crippen molar-refractivity contribution in [3.05, 3.63) is 0 Å². The number of rotatable bonds is 2. The normalized spacial score (nSPS) is 31.5. The largest absolute Gasteiger partial charge is 0.391 e. The molecular formula is C10H16ClNO. The molecule has 2 nitrogen and oxygen atoms in total. The van der Waals surface area contributed by atoms with Gasteiger partial charge in [-0.15, -0.1) is 11.6 Å². The van der Waals surface area contributed by atoms with Gasteiger partial charge in [-0.05, 0) is 19.8 Å². The zero-order chi connectivity index (χ0) is 9.26. The maximum atomic E-state index is 5.96. The smallest absolute Gasteiger partial charge is 0.148 e. The van der Waals surface area contributed by atoms with E-state index in [1.807, 2.05) is 6.92 Å². The highest BCUT2D eigenvalue weighted by molar-refractivity contribution is 6.21. The molecule has 2 rings (SSSR count). The summed E-state index contributed by atoms with van der Waals surface area (Å²) in [4.78, 5) is 5.30. The van der Waals surface area contributed by atoms with Crippen LogP contribution in [0, 0.1) is 5.92 Å². The number of halogens is 1. The van der Waals surface area contributed by atoms with Gasteiger partial charge < -0.3 is 4.84 Å². The van der Waals surface area contributed by atoms with Crippen molar-refractivity contribution < 1.29 is 4.84 Å². The Morgan fingerprint density at radius 1 is 1.46 bits per heavy atom. The van der Waals surface area contributed by atoms with Crippen LogP contribution in [0.1, 0.15) is 39.0 Å². The van der Waals surface area contributed by atoms with Crippen molar-refractivity contribution in [2.24, 2.45) is 11.1 Å². The second-order valence-corrected chi connectivity index (χ2v) is 4.78. The first kappa shape index (κ1) is 9.32. The lowest BCUT2D eigenvalue weighted by Gasteiger charge is -2.10. The topological polar surface area (TPSA) is 21.6 Å². The molecule has 74 valence electrons. The van der Waals surface area contributed by atoms with Crippen molar-refractivity contribution in [1.29, 1.82) is 0 Å². The minimum absolute atomic E-state index is 0.0719. The summed E-state index contributed by atoms with van der Waals surface area (Å²) < 4.78 is 0. The number of alkyl halides is 1. The lowest BCUT2D eigenvalue weighted by atomic mass is 9.97. The highest BCUT2D eigenvalue weighted by atomic mass is 35.5. The average molecular weight is 202 g/mol. The SMILES string of the molecule is CC(Cl)C1CC(C2CCCC2)=NO1. The molecule has 0 radical (unpaired) electrons. The van der Waals surface area contributed by atoms with Gasteiger partial charge in [0, 0.05) is 12.3 Å². The minimum Gasteiger partial charge on any atom is -0.391 e. The lowest BCUT2D eigenvalue weighted by Crippen LogP contribution is -2.20. The Hall–Kier alpha value is -0.240. The van der Waals surface area contributed by atoms with Gasteiger partial charge in [0.25, 0.3) is 0 Å². The molecule has 1 heterocycles. The van der Waals surface area contributed by atoms with E-state index in [9.17, 15) is 0 Å². The van der Waals surface area contributed by atoms with Crippen molar-refractivity contribution in [3.63, 3.8) is 0 Å². The number of hydrogen-bond acceptors (Lipinski definition) is 2. The summed E-state index contributed by atoms with van der Waals surface area (Å²) in [6.45, 7) is 1.97. The van der Waals surface area contributed by atoms with Crippen LogP contribution in [-0.4, -0.2) is 17.2 Å². The number of hydrogen-bond donors (Lipinski definition) is 0. The third-order valence-electron chi connectivity index (χ3n) is 3.05. The van der Waals surface area contributed by atoms with E-state index in [0.29, 0.717) is 5.92 Å². The summed E-state index contributed by atoms with van der Waals surface area (Å²) in [5.41, 5.74) is 1.26. The fourth-order valence-corrected chi connectivity index (χ4v) is 2.30. The molecule has 0 N–H and O–H groups in total. The van der Waals surface area contributed by atoms with Crippen LogP contribution in [0.3, 0.4) is 0 Å². The Bertz CT molecular complexity index is 209. The third kappa shape index (κ3) is 1.98. The molecule has 0 spiro atoms. The van der Waals surface area contributed by atoms with Gasteiger partial charge in [-0.25, -0.2) is 0 Å². The Morgan fingerprint density at radius 3 is 2.69 bits per heavy atom. The Balaban J connectivity index is 1.89. The summed E-state index contributed by atoms with van der Waals surface area (Å²) in [7, 11) is 0.